The monoisotopic (exact) mass is 284 g/mol. The van der Waals surface area contributed by atoms with E-state index in [9.17, 15) is 8.42 Å². The standard InChI is InChI=1S/C14H24N2O2S/c1-12(2)7-8-19(17,18)16(3)11-14-6-4-5-13(9-14)10-15/h4-6,9,12H,7-8,10-11,15H2,1-3H3. The molecule has 0 saturated carbocycles. The number of benzene rings is 1. The summed E-state index contributed by atoms with van der Waals surface area (Å²) in [6.45, 7) is 4.92. The van der Waals surface area contributed by atoms with E-state index in [0.717, 1.165) is 11.1 Å². The molecule has 2 N–H and O–H groups in total. The summed E-state index contributed by atoms with van der Waals surface area (Å²) in [7, 11) is -1.54. The van der Waals surface area contributed by atoms with Gasteiger partial charge in [0.1, 0.15) is 0 Å². The molecule has 5 heteroatoms. The lowest BCUT2D eigenvalue weighted by molar-refractivity contribution is 0.460. The lowest BCUT2D eigenvalue weighted by Crippen LogP contribution is -2.29. The van der Waals surface area contributed by atoms with Gasteiger partial charge in [-0.25, -0.2) is 12.7 Å². The largest absolute Gasteiger partial charge is 0.326 e. The van der Waals surface area contributed by atoms with Crippen molar-refractivity contribution >= 4 is 10.0 Å². The van der Waals surface area contributed by atoms with E-state index in [4.69, 9.17) is 5.73 Å². The van der Waals surface area contributed by atoms with Crippen molar-refractivity contribution in [1.82, 2.24) is 4.31 Å². The van der Waals surface area contributed by atoms with E-state index < -0.39 is 10.0 Å². The summed E-state index contributed by atoms with van der Waals surface area (Å²) in [5.41, 5.74) is 7.57. The van der Waals surface area contributed by atoms with Gasteiger partial charge in [0.05, 0.1) is 5.75 Å². The number of sulfonamides is 1. The Morgan fingerprint density at radius 2 is 1.89 bits per heavy atom. The molecule has 0 amide bonds. The van der Waals surface area contributed by atoms with Gasteiger partial charge in [-0.2, -0.15) is 0 Å². The van der Waals surface area contributed by atoms with Gasteiger partial charge in [0.15, 0.2) is 0 Å². The Kier molecular flexibility index (Phi) is 5.97. The highest BCUT2D eigenvalue weighted by molar-refractivity contribution is 7.89. The topological polar surface area (TPSA) is 63.4 Å². The fourth-order valence-corrected chi connectivity index (χ4v) is 3.18. The molecule has 0 heterocycles. The highest BCUT2D eigenvalue weighted by atomic mass is 32.2. The van der Waals surface area contributed by atoms with E-state index in [1.165, 1.54) is 4.31 Å². The zero-order valence-electron chi connectivity index (χ0n) is 12.0. The van der Waals surface area contributed by atoms with Gasteiger partial charge in [0.2, 0.25) is 10.0 Å². The van der Waals surface area contributed by atoms with Crippen LogP contribution in [0.4, 0.5) is 0 Å². The lowest BCUT2D eigenvalue weighted by atomic mass is 10.1. The van der Waals surface area contributed by atoms with Gasteiger partial charge in [0, 0.05) is 20.1 Å². The molecule has 1 rings (SSSR count). The molecule has 19 heavy (non-hydrogen) atoms. The van der Waals surface area contributed by atoms with Crippen LogP contribution < -0.4 is 5.73 Å². The minimum Gasteiger partial charge on any atom is -0.326 e. The maximum Gasteiger partial charge on any atom is 0.214 e. The second kappa shape index (κ2) is 7.03. The number of rotatable bonds is 7. The Labute approximate surface area is 116 Å². The summed E-state index contributed by atoms with van der Waals surface area (Å²) in [4.78, 5) is 0. The number of hydrogen-bond acceptors (Lipinski definition) is 3. The van der Waals surface area contributed by atoms with Crippen molar-refractivity contribution in [2.45, 2.75) is 33.4 Å². The molecule has 0 bridgehead atoms. The zero-order chi connectivity index (χ0) is 14.5. The van der Waals surface area contributed by atoms with Gasteiger partial charge in [-0.15, -0.1) is 0 Å². The van der Waals surface area contributed by atoms with Crippen molar-refractivity contribution in [2.75, 3.05) is 12.8 Å². The fourth-order valence-electron chi connectivity index (χ4n) is 1.75. The van der Waals surface area contributed by atoms with Crippen LogP contribution in [-0.2, 0) is 23.1 Å². The van der Waals surface area contributed by atoms with Gasteiger partial charge in [-0.1, -0.05) is 38.1 Å². The molecule has 0 atom stereocenters. The van der Waals surface area contributed by atoms with Crippen molar-refractivity contribution in [3.8, 4) is 0 Å². The third-order valence-electron chi connectivity index (χ3n) is 3.06. The van der Waals surface area contributed by atoms with E-state index in [1.54, 1.807) is 7.05 Å². The van der Waals surface area contributed by atoms with Crippen LogP contribution >= 0.6 is 0 Å². The molecule has 4 nitrogen and oxygen atoms in total. The Balaban J connectivity index is 2.69. The molecular weight excluding hydrogens is 260 g/mol. The molecular formula is C14H24N2O2S. The van der Waals surface area contributed by atoms with Crippen LogP contribution in [0.15, 0.2) is 24.3 Å². The first-order chi connectivity index (χ1) is 8.85. The lowest BCUT2D eigenvalue weighted by Gasteiger charge is -2.18. The fraction of sp³-hybridized carbons (Fsp3) is 0.571. The summed E-state index contributed by atoms with van der Waals surface area (Å²) in [6, 6.07) is 7.73. The highest BCUT2D eigenvalue weighted by Gasteiger charge is 2.18. The van der Waals surface area contributed by atoms with E-state index in [2.05, 4.69) is 0 Å². The van der Waals surface area contributed by atoms with Gasteiger partial charge >= 0.3 is 0 Å². The van der Waals surface area contributed by atoms with Gasteiger partial charge < -0.3 is 5.73 Å². The summed E-state index contributed by atoms with van der Waals surface area (Å²) in [5.74, 6) is 0.598. The quantitative estimate of drug-likeness (QED) is 0.832. The van der Waals surface area contributed by atoms with E-state index >= 15 is 0 Å². The van der Waals surface area contributed by atoms with Crippen molar-refractivity contribution in [3.05, 3.63) is 35.4 Å². The molecule has 1 aromatic carbocycles. The molecule has 0 aliphatic carbocycles. The third-order valence-corrected chi connectivity index (χ3v) is 4.89. The number of hydrogen-bond donors (Lipinski definition) is 1. The SMILES string of the molecule is CC(C)CCS(=O)(=O)N(C)Cc1cccc(CN)c1. The van der Waals surface area contributed by atoms with Crippen molar-refractivity contribution in [2.24, 2.45) is 11.7 Å². The second-order valence-corrected chi connectivity index (χ2v) is 7.47. The molecule has 0 spiro atoms. The summed E-state index contributed by atoms with van der Waals surface area (Å²) in [5, 5.41) is 0. The molecule has 1 aromatic rings. The average Bonchev–Trinajstić information content (AvgIpc) is 2.36. The third kappa shape index (κ3) is 5.30. The minimum absolute atomic E-state index is 0.206. The smallest absolute Gasteiger partial charge is 0.214 e. The van der Waals surface area contributed by atoms with E-state index in [-0.39, 0.29) is 5.75 Å². The summed E-state index contributed by atoms with van der Waals surface area (Å²) in [6.07, 6.45) is 0.690. The molecule has 0 unspecified atom stereocenters. The molecule has 0 fully saturated rings. The van der Waals surface area contributed by atoms with Crippen molar-refractivity contribution in [3.63, 3.8) is 0 Å². The Bertz CT molecular complexity index is 498. The average molecular weight is 284 g/mol. The van der Waals surface area contributed by atoms with Gasteiger partial charge in [-0.3, -0.25) is 0 Å². The zero-order valence-corrected chi connectivity index (χ0v) is 12.8. The first-order valence-corrected chi connectivity index (χ1v) is 8.18. The molecule has 0 saturated heterocycles. The van der Waals surface area contributed by atoms with Crippen LogP contribution in [0.1, 0.15) is 31.4 Å². The maximum atomic E-state index is 12.1. The normalized spacial score (nSPS) is 12.3. The van der Waals surface area contributed by atoms with Crippen LogP contribution in [-0.4, -0.2) is 25.5 Å². The first kappa shape index (κ1) is 16.1. The highest BCUT2D eigenvalue weighted by Crippen LogP contribution is 2.12. The molecule has 0 aromatic heterocycles. The van der Waals surface area contributed by atoms with Crippen LogP contribution in [0.3, 0.4) is 0 Å². The Morgan fingerprint density at radius 1 is 1.26 bits per heavy atom. The summed E-state index contributed by atoms with van der Waals surface area (Å²) >= 11 is 0. The van der Waals surface area contributed by atoms with Crippen LogP contribution in [0.2, 0.25) is 0 Å². The molecule has 0 aliphatic rings. The van der Waals surface area contributed by atoms with Gasteiger partial charge in [0.25, 0.3) is 0 Å². The Morgan fingerprint density at radius 3 is 2.47 bits per heavy atom. The van der Waals surface area contributed by atoms with E-state index in [0.29, 0.717) is 25.4 Å². The molecule has 0 radical (unpaired) electrons. The van der Waals surface area contributed by atoms with Crippen molar-refractivity contribution in [1.29, 1.82) is 0 Å². The Hall–Kier alpha value is -0.910. The van der Waals surface area contributed by atoms with Crippen LogP contribution in [0.5, 0.6) is 0 Å². The van der Waals surface area contributed by atoms with Crippen molar-refractivity contribution < 1.29 is 8.42 Å². The van der Waals surface area contributed by atoms with E-state index in [1.807, 2.05) is 38.1 Å². The van der Waals surface area contributed by atoms with Crippen LogP contribution in [0.25, 0.3) is 0 Å². The minimum atomic E-state index is -3.17. The number of nitrogens with zero attached hydrogens (tertiary/aromatic N) is 1. The predicted molar refractivity (Wildman–Crippen MR) is 79.0 cm³/mol. The second-order valence-electron chi connectivity index (χ2n) is 5.28. The maximum absolute atomic E-state index is 12.1. The molecule has 108 valence electrons. The first-order valence-electron chi connectivity index (χ1n) is 6.57. The van der Waals surface area contributed by atoms with Crippen LogP contribution in [0, 0.1) is 5.92 Å². The summed E-state index contributed by atoms with van der Waals surface area (Å²) < 4.78 is 25.6. The molecule has 0 aliphatic heterocycles. The number of nitrogens with two attached hydrogens (primary N) is 1. The van der Waals surface area contributed by atoms with Gasteiger partial charge in [-0.05, 0) is 23.5 Å². The predicted octanol–water partition coefficient (Wildman–Crippen LogP) is 1.95.